The number of halogens is 1. The van der Waals surface area contributed by atoms with Crippen LogP contribution in [0.3, 0.4) is 0 Å². The Morgan fingerprint density at radius 2 is 1.50 bits per heavy atom. The molecule has 0 heterocycles. The van der Waals surface area contributed by atoms with Gasteiger partial charge < -0.3 is 25.5 Å². The maximum absolute atomic E-state index is 10.9. The Morgan fingerprint density at radius 3 is 1.81 bits per heavy atom. The third-order valence-corrected chi connectivity index (χ3v) is 1.87. The molecule has 0 aromatic carbocycles. The summed E-state index contributed by atoms with van der Waals surface area (Å²) in [5.41, 5.74) is 0. The topological polar surface area (TPSA) is 135 Å². The predicted molar refractivity (Wildman–Crippen MR) is 57.1 cm³/mol. The highest BCUT2D eigenvalue weighted by atomic mass is 79.9. The number of rotatable bonds is 6. The smallest absolute Gasteiger partial charge is 0.229 e. The van der Waals surface area contributed by atoms with Crippen molar-refractivity contribution >= 4 is 28.5 Å². The third-order valence-electron chi connectivity index (χ3n) is 1.87. The largest absolute Gasteiger partial charge is 0.394 e. The first kappa shape index (κ1) is 18.0. The monoisotopic (exact) mass is 302 g/mol. The number of carbonyl (C=O) groups is 2. The molecule has 0 radical (unpaired) electrons. The molecule has 0 aliphatic carbocycles. The van der Waals surface area contributed by atoms with Gasteiger partial charge in [-0.05, 0) is 0 Å². The molecule has 0 saturated heterocycles. The Morgan fingerprint density at radius 1 is 1.06 bits per heavy atom. The quantitative estimate of drug-likeness (QED) is 0.333. The molecule has 96 valence electrons. The van der Waals surface area contributed by atoms with E-state index >= 15 is 0 Å². The van der Waals surface area contributed by atoms with Gasteiger partial charge in [0.1, 0.15) is 24.4 Å². The number of aliphatic hydroxyl groups is 5. The molecular weight excluding hydrogens is 288 g/mol. The molecule has 0 amide bonds. The highest BCUT2D eigenvalue weighted by Crippen LogP contribution is 2.06. The molecule has 4 atom stereocenters. The summed E-state index contributed by atoms with van der Waals surface area (Å²) in [7, 11) is 0. The van der Waals surface area contributed by atoms with Crippen LogP contribution in [0.2, 0.25) is 0 Å². The zero-order chi connectivity index (χ0) is 12.2. The van der Waals surface area contributed by atoms with Gasteiger partial charge in [-0.3, -0.25) is 9.59 Å². The predicted octanol–water partition coefficient (Wildman–Crippen LogP) is -2.84. The van der Waals surface area contributed by atoms with E-state index < -0.39 is 42.6 Å². The van der Waals surface area contributed by atoms with Crippen LogP contribution in [0.4, 0.5) is 0 Å². The highest BCUT2D eigenvalue weighted by molar-refractivity contribution is 8.93. The second-order valence-corrected chi connectivity index (χ2v) is 3.10. The molecule has 16 heavy (non-hydrogen) atoms. The third kappa shape index (κ3) is 4.64. The van der Waals surface area contributed by atoms with Crippen LogP contribution in [-0.4, -0.2) is 68.1 Å². The number of aliphatic hydroxyl groups excluding tert-OH is 5. The number of carbonyl (C=O) groups excluding carboxylic acids is 2. The van der Waals surface area contributed by atoms with Crippen molar-refractivity contribution in [2.45, 2.75) is 31.3 Å². The van der Waals surface area contributed by atoms with Crippen molar-refractivity contribution in [2.75, 3.05) is 6.61 Å². The highest BCUT2D eigenvalue weighted by Gasteiger charge is 2.35. The van der Waals surface area contributed by atoms with E-state index in [2.05, 4.69) is 0 Å². The van der Waals surface area contributed by atoms with Crippen molar-refractivity contribution in [1.29, 1.82) is 0 Å². The van der Waals surface area contributed by atoms with Crippen LogP contribution in [0.1, 0.15) is 6.92 Å². The van der Waals surface area contributed by atoms with Gasteiger partial charge in [0.2, 0.25) is 5.78 Å². The van der Waals surface area contributed by atoms with Crippen LogP contribution in [0.25, 0.3) is 0 Å². The van der Waals surface area contributed by atoms with Gasteiger partial charge in [-0.1, -0.05) is 0 Å². The maximum atomic E-state index is 10.9. The average molecular weight is 303 g/mol. The molecule has 0 fully saturated rings. The number of hydrogen-bond acceptors (Lipinski definition) is 7. The first-order valence-corrected chi connectivity index (χ1v) is 4.20. The van der Waals surface area contributed by atoms with Crippen LogP contribution < -0.4 is 0 Å². The van der Waals surface area contributed by atoms with Gasteiger partial charge in [-0.25, -0.2) is 0 Å². The van der Waals surface area contributed by atoms with Gasteiger partial charge in [-0.15, -0.1) is 17.0 Å². The minimum Gasteiger partial charge on any atom is -0.394 e. The molecule has 8 heteroatoms. The van der Waals surface area contributed by atoms with E-state index in [4.69, 9.17) is 25.5 Å². The summed E-state index contributed by atoms with van der Waals surface area (Å²) in [6.07, 6.45) is -7.75. The minimum absolute atomic E-state index is 0. The van der Waals surface area contributed by atoms with Crippen molar-refractivity contribution in [2.24, 2.45) is 0 Å². The van der Waals surface area contributed by atoms with Crippen molar-refractivity contribution in [1.82, 2.24) is 0 Å². The van der Waals surface area contributed by atoms with Gasteiger partial charge in [0.05, 0.1) is 6.61 Å². The van der Waals surface area contributed by atoms with Crippen molar-refractivity contribution in [3.05, 3.63) is 0 Å². The second-order valence-electron chi connectivity index (χ2n) is 3.10. The summed E-state index contributed by atoms with van der Waals surface area (Å²) in [5, 5.41) is 44.7. The lowest BCUT2D eigenvalue weighted by atomic mass is 9.99. The molecule has 0 rings (SSSR count). The van der Waals surface area contributed by atoms with E-state index in [9.17, 15) is 9.59 Å². The Hall–Kier alpha value is -0.380. The molecule has 0 bridgehead atoms. The molecular formula is C8H15BrO7. The summed E-state index contributed by atoms with van der Waals surface area (Å²) in [6.45, 7) is 0.0480. The molecule has 0 aliphatic rings. The van der Waals surface area contributed by atoms with E-state index in [0.29, 0.717) is 0 Å². The molecule has 0 aliphatic heterocycles. The van der Waals surface area contributed by atoms with Gasteiger partial charge >= 0.3 is 0 Å². The lowest BCUT2D eigenvalue weighted by molar-refractivity contribution is -0.153. The van der Waals surface area contributed by atoms with E-state index in [1.165, 1.54) is 0 Å². The Labute approximate surface area is 102 Å². The summed E-state index contributed by atoms with van der Waals surface area (Å²) in [6, 6.07) is 0. The zero-order valence-corrected chi connectivity index (χ0v) is 10.2. The van der Waals surface area contributed by atoms with Crippen LogP contribution in [0.15, 0.2) is 0 Å². The Kier molecular flexibility index (Phi) is 8.80. The Balaban J connectivity index is 0. The fourth-order valence-corrected chi connectivity index (χ4v) is 0.886. The van der Waals surface area contributed by atoms with Gasteiger partial charge in [0.15, 0.2) is 5.78 Å². The van der Waals surface area contributed by atoms with Gasteiger partial charge in [0.25, 0.3) is 0 Å². The van der Waals surface area contributed by atoms with Gasteiger partial charge in [-0.2, -0.15) is 0 Å². The summed E-state index contributed by atoms with van der Waals surface area (Å²) in [4.78, 5) is 21.4. The number of Topliss-reactive ketones (excluding diaryl/α,β-unsaturated/α-hetero) is 2. The lowest BCUT2D eigenvalue weighted by Gasteiger charge is -2.24. The summed E-state index contributed by atoms with van der Waals surface area (Å²) >= 11 is 0. The van der Waals surface area contributed by atoms with E-state index in [1.807, 2.05) is 0 Å². The molecule has 0 spiro atoms. The first-order valence-electron chi connectivity index (χ1n) is 4.20. The molecule has 0 saturated carbocycles. The SMILES string of the molecule is Br.CC(=O)C(=O)C(O)C(O)C(O)C(O)CO. The lowest BCUT2D eigenvalue weighted by Crippen LogP contribution is -2.49. The zero-order valence-electron chi connectivity index (χ0n) is 8.48. The summed E-state index contributed by atoms with van der Waals surface area (Å²) in [5.74, 6) is -2.25. The number of ketones is 2. The average Bonchev–Trinajstić information content (AvgIpc) is 2.23. The molecule has 4 unspecified atom stereocenters. The molecule has 0 aromatic heterocycles. The second kappa shape index (κ2) is 7.82. The van der Waals surface area contributed by atoms with Gasteiger partial charge in [0, 0.05) is 6.92 Å². The van der Waals surface area contributed by atoms with E-state index in [-0.39, 0.29) is 17.0 Å². The normalized spacial score (nSPS) is 17.9. The molecule has 0 aromatic rings. The van der Waals surface area contributed by atoms with E-state index in [0.717, 1.165) is 6.92 Å². The van der Waals surface area contributed by atoms with E-state index in [1.54, 1.807) is 0 Å². The van der Waals surface area contributed by atoms with Crippen molar-refractivity contribution in [3.63, 3.8) is 0 Å². The fraction of sp³-hybridized carbons (Fsp3) is 0.750. The van der Waals surface area contributed by atoms with Crippen molar-refractivity contribution in [3.8, 4) is 0 Å². The maximum Gasteiger partial charge on any atom is 0.229 e. The summed E-state index contributed by atoms with van der Waals surface area (Å²) < 4.78 is 0. The molecule has 7 nitrogen and oxygen atoms in total. The first-order chi connectivity index (χ1) is 6.82. The minimum atomic E-state index is -2.11. The number of hydrogen-bond donors (Lipinski definition) is 5. The Bertz CT molecular complexity index is 245. The van der Waals surface area contributed by atoms with Crippen LogP contribution in [0, 0.1) is 0 Å². The van der Waals surface area contributed by atoms with Crippen LogP contribution >= 0.6 is 17.0 Å². The van der Waals surface area contributed by atoms with Crippen molar-refractivity contribution < 1.29 is 35.1 Å². The molecule has 5 N–H and O–H groups in total. The van der Waals surface area contributed by atoms with Crippen LogP contribution in [0.5, 0.6) is 0 Å². The van der Waals surface area contributed by atoms with Crippen LogP contribution in [-0.2, 0) is 9.59 Å². The fourth-order valence-electron chi connectivity index (χ4n) is 0.886. The standard InChI is InChI=1S/C8H14O7.BrH/c1-3(10)5(12)7(14)8(15)6(13)4(11)2-9;/h4,6-9,11,13-15H,2H2,1H3;1H.